The number of nitrogen functional groups attached to an aromatic ring is 1. The Bertz CT molecular complexity index is 1040. The van der Waals surface area contributed by atoms with E-state index in [0.29, 0.717) is 22.8 Å². The molecule has 3 aromatic rings. The topological polar surface area (TPSA) is 130 Å². The highest BCUT2D eigenvalue weighted by Gasteiger charge is 2.20. The van der Waals surface area contributed by atoms with E-state index in [1.54, 1.807) is 30.5 Å². The largest absolute Gasteiger partial charge is 0.383 e. The summed E-state index contributed by atoms with van der Waals surface area (Å²) >= 11 is 0. The van der Waals surface area contributed by atoms with Gasteiger partial charge in [0.25, 0.3) is 0 Å². The van der Waals surface area contributed by atoms with Gasteiger partial charge in [-0.1, -0.05) is 38.1 Å². The van der Waals surface area contributed by atoms with Crippen molar-refractivity contribution in [3.05, 3.63) is 53.9 Å². The molecule has 0 bridgehead atoms. The fraction of sp³-hybridized carbons (Fsp3) is 0.200. The molecule has 3 rings (SSSR count). The summed E-state index contributed by atoms with van der Waals surface area (Å²) in [6.45, 7) is 5.99. The number of aromatic nitrogens is 2. The van der Waals surface area contributed by atoms with Crippen LogP contribution in [0.1, 0.15) is 32.1 Å². The number of benzene rings is 1. The van der Waals surface area contributed by atoms with Crippen LogP contribution in [0.15, 0.2) is 47.1 Å². The molecule has 0 spiro atoms. The number of anilines is 3. The second-order valence-corrected chi connectivity index (χ2v) is 7.25. The van der Waals surface area contributed by atoms with E-state index in [1.807, 2.05) is 39.0 Å². The minimum Gasteiger partial charge on any atom is -0.383 e. The number of carbonyl (C=O) groups is 1. The molecule has 0 aliphatic rings. The summed E-state index contributed by atoms with van der Waals surface area (Å²) in [5, 5.41) is 18.3. The van der Waals surface area contributed by atoms with Crippen LogP contribution in [0.4, 0.5) is 22.1 Å². The molecule has 4 N–H and O–H groups in total. The first-order chi connectivity index (χ1) is 13.3. The van der Waals surface area contributed by atoms with Gasteiger partial charge in [0.05, 0.1) is 5.56 Å². The van der Waals surface area contributed by atoms with Crippen molar-refractivity contribution in [3.63, 3.8) is 0 Å². The molecule has 0 aliphatic carbocycles. The lowest BCUT2D eigenvalue weighted by Crippen LogP contribution is -2.19. The Kier molecular flexibility index (Phi) is 5.00. The lowest BCUT2D eigenvalue weighted by molar-refractivity contribution is 0.262. The molecule has 0 aliphatic heterocycles. The number of nitrogens with one attached hydrogen (secondary N) is 2. The van der Waals surface area contributed by atoms with Crippen LogP contribution in [0.2, 0.25) is 0 Å². The van der Waals surface area contributed by atoms with Crippen LogP contribution < -0.4 is 16.4 Å². The van der Waals surface area contributed by atoms with Crippen molar-refractivity contribution in [1.82, 2.24) is 10.1 Å². The lowest BCUT2D eigenvalue weighted by atomic mass is 9.93. The summed E-state index contributed by atoms with van der Waals surface area (Å²) in [4.78, 5) is 16.2. The van der Waals surface area contributed by atoms with Gasteiger partial charge in [-0.05, 0) is 23.8 Å². The molecular formula is C20H20N6O2. The number of hydrogen-bond donors (Lipinski definition) is 3. The molecular weight excluding hydrogens is 356 g/mol. The van der Waals surface area contributed by atoms with Crippen LogP contribution in [0.25, 0.3) is 11.1 Å². The fourth-order valence-corrected chi connectivity index (χ4v) is 2.44. The van der Waals surface area contributed by atoms with E-state index >= 15 is 0 Å². The molecule has 28 heavy (non-hydrogen) atoms. The quantitative estimate of drug-likeness (QED) is 0.630. The number of nitriles is 1. The van der Waals surface area contributed by atoms with Crippen molar-refractivity contribution < 1.29 is 9.32 Å². The van der Waals surface area contributed by atoms with Crippen molar-refractivity contribution in [3.8, 4) is 17.2 Å². The van der Waals surface area contributed by atoms with Gasteiger partial charge in [-0.2, -0.15) is 5.26 Å². The molecule has 0 radical (unpaired) electrons. The number of rotatable bonds is 3. The Morgan fingerprint density at radius 2 is 1.86 bits per heavy atom. The highest BCUT2D eigenvalue weighted by atomic mass is 16.5. The van der Waals surface area contributed by atoms with Crippen molar-refractivity contribution in [1.29, 1.82) is 5.26 Å². The fourth-order valence-electron chi connectivity index (χ4n) is 2.44. The Labute approximate surface area is 162 Å². The molecule has 2 aromatic heterocycles. The van der Waals surface area contributed by atoms with E-state index in [9.17, 15) is 4.79 Å². The Morgan fingerprint density at radius 3 is 2.46 bits per heavy atom. The van der Waals surface area contributed by atoms with Crippen molar-refractivity contribution in [2.45, 2.75) is 26.2 Å². The van der Waals surface area contributed by atoms with Gasteiger partial charge in [-0.15, -0.1) is 0 Å². The number of nitrogens with zero attached hydrogens (tertiary/aromatic N) is 3. The highest BCUT2D eigenvalue weighted by Crippen LogP contribution is 2.25. The standard InChI is InChI=1S/C20H20N6O2/c1-20(2,3)16-9-17(26-28-16)25-19(27)24-15-6-4-12(5-7-15)14-8-13(10-21)18(22)23-11-14/h4-9,11H,1-3H3,(H2,22,23)(H2,24,25,26,27). The third-order valence-electron chi connectivity index (χ3n) is 4.01. The molecule has 1 aromatic carbocycles. The van der Waals surface area contributed by atoms with E-state index in [4.69, 9.17) is 15.5 Å². The lowest BCUT2D eigenvalue weighted by Gasteiger charge is -2.12. The zero-order valence-electron chi connectivity index (χ0n) is 15.8. The van der Waals surface area contributed by atoms with Crippen LogP contribution in [-0.4, -0.2) is 16.2 Å². The number of amides is 2. The number of carbonyl (C=O) groups excluding carboxylic acids is 1. The van der Waals surface area contributed by atoms with Gasteiger partial charge in [0.1, 0.15) is 17.6 Å². The third-order valence-corrected chi connectivity index (χ3v) is 4.01. The van der Waals surface area contributed by atoms with Gasteiger partial charge in [0.2, 0.25) is 0 Å². The zero-order chi connectivity index (χ0) is 20.3. The van der Waals surface area contributed by atoms with Crippen LogP contribution in [0.3, 0.4) is 0 Å². The van der Waals surface area contributed by atoms with Crippen molar-refractivity contribution in [2.75, 3.05) is 16.4 Å². The Morgan fingerprint density at radius 1 is 1.14 bits per heavy atom. The first-order valence-electron chi connectivity index (χ1n) is 8.57. The van der Waals surface area contributed by atoms with Crippen LogP contribution >= 0.6 is 0 Å². The second kappa shape index (κ2) is 7.40. The summed E-state index contributed by atoms with van der Waals surface area (Å²) in [7, 11) is 0. The predicted molar refractivity (Wildman–Crippen MR) is 107 cm³/mol. The SMILES string of the molecule is CC(C)(C)c1cc(NC(=O)Nc2ccc(-c3cnc(N)c(C#N)c3)cc2)no1. The van der Waals surface area contributed by atoms with Gasteiger partial charge in [0.15, 0.2) is 5.82 Å². The zero-order valence-corrected chi connectivity index (χ0v) is 15.8. The van der Waals surface area contributed by atoms with E-state index in [-0.39, 0.29) is 11.2 Å². The van der Waals surface area contributed by atoms with Gasteiger partial charge in [0, 0.05) is 28.9 Å². The smallest absolute Gasteiger partial charge is 0.324 e. The molecule has 0 unspecified atom stereocenters. The minimum absolute atomic E-state index is 0.193. The van der Waals surface area contributed by atoms with E-state index in [2.05, 4.69) is 20.8 Å². The summed E-state index contributed by atoms with van der Waals surface area (Å²) in [5.74, 6) is 1.22. The molecule has 8 nitrogen and oxygen atoms in total. The highest BCUT2D eigenvalue weighted by molar-refractivity contribution is 5.99. The molecule has 142 valence electrons. The number of urea groups is 1. The van der Waals surface area contributed by atoms with Crippen LogP contribution in [0, 0.1) is 11.3 Å². The number of hydrogen-bond acceptors (Lipinski definition) is 6. The number of nitrogens with two attached hydrogens (primary N) is 1. The average Bonchev–Trinajstić information content (AvgIpc) is 3.11. The molecule has 0 atom stereocenters. The monoisotopic (exact) mass is 376 g/mol. The predicted octanol–water partition coefficient (Wildman–Crippen LogP) is 4.13. The van der Waals surface area contributed by atoms with Gasteiger partial charge in [-0.25, -0.2) is 9.78 Å². The van der Waals surface area contributed by atoms with Gasteiger partial charge in [-0.3, -0.25) is 5.32 Å². The first kappa shape index (κ1) is 18.9. The van der Waals surface area contributed by atoms with Gasteiger partial charge >= 0.3 is 6.03 Å². The molecule has 0 fully saturated rings. The Balaban J connectivity index is 1.66. The molecule has 0 saturated carbocycles. The normalized spacial score (nSPS) is 10.9. The summed E-state index contributed by atoms with van der Waals surface area (Å²) in [5.41, 5.74) is 7.99. The maximum absolute atomic E-state index is 12.2. The van der Waals surface area contributed by atoms with E-state index in [1.165, 1.54) is 0 Å². The number of pyridine rings is 1. The van der Waals surface area contributed by atoms with Crippen LogP contribution in [-0.2, 0) is 5.41 Å². The molecule has 8 heteroatoms. The van der Waals surface area contributed by atoms with Gasteiger partial charge < -0.3 is 15.6 Å². The maximum atomic E-state index is 12.2. The van der Waals surface area contributed by atoms with E-state index < -0.39 is 6.03 Å². The first-order valence-corrected chi connectivity index (χ1v) is 8.57. The Hall–Kier alpha value is -3.86. The second-order valence-electron chi connectivity index (χ2n) is 7.25. The van der Waals surface area contributed by atoms with Crippen molar-refractivity contribution in [2.24, 2.45) is 0 Å². The van der Waals surface area contributed by atoms with Crippen LogP contribution in [0.5, 0.6) is 0 Å². The summed E-state index contributed by atoms with van der Waals surface area (Å²) in [6.07, 6.45) is 1.60. The third kappa shape index (κ3) is 4.27. The molecule has 0 saturated heterocycles. The average molecular weight is 376 g/mol. The summed E-state index contributed by atoms with van der Waals surface area (Å²) in [6, 6.07) is 12.1. The molecule has 2 amide bonds. The molecule has 2 heterocycles. The van der Waals surface area contributed by atoms with E-state index in [0.717, 1.165) is 11.1 Å². The summed E-state index contributed by atoms with van der Waals surface area (Å²) < 4.78 is 5.24. The van der Waals surface area contributed by atoms with Crippen molar-refractivity contribution >= 4 is 23.4 Å². The minimum atomic E-state index is -0.428. The maximum Gasteiger partial charge on any atom is 0.324 e.